The molecule has 0 radical (unpaired) electrons. The van der Waals surface area contributed by atoms with Gasteiger partial charge >= 0.3 is 0 Å². The molecular weight excluding hydrogens is 1040 g/mol. The highest BCUT2D eigenvalue weighted by atomic mass is 79.9. The molecule has 0 spiro atoms. The molecule has 14 aromatic carbocycles. The molecule has 0 fully saturated rings. The Hall–Kier alpha value is -8.84. The summed E-state index contributed by atoms with van der Waals surface area (Å²) in [5.41, 5.74) is 6.23. The van der Waals surface area contributed by atoms with E-state index >= 15 is 0 Å². The maximum absolute atomic E-state index is 3.73. The Morgan fingerprint density at radius 1 is 0.299 bits per heavy atom. The molecule has 18 rings (SSSR count). The lowest BCUT2D eigenvalue weighted by Gasteiger charge is -2.11. The molecule has 4 heterocycles. The highest BCUT2D eigenvalue weighted by Gasteiger charge is 2.23. The van der Waals surface area contributed by atoms with Gasteiger partial charge in [-0.25, -0.2) is 0 Å². The Labute approximate surface area is 458 Å². The number of benzene rings is 14. The first kappa shape index (κ1) is 44.5. The predicted octanol–water partition coefficient (Wildman–Crippen LogP) is 22.2. The lowest BCUT2D eigenvalue weighted by Crippen LogP contribution is -1.94. The standard InChI is InChI=1S/C36H21NS.C26H15NS.C10H7Br/c1-2-11-24-21-25(19-17-22(24)9-1)37-31-16-8-7-15-29(31)32-27-13-5-6-14-28(27)33-30-20-18-23-10-3-4-12-26(23)35(30)38-36(33)34(32)37;1-2-8-16-15(7-1)13-14-20-23-18-10-4-3-9-17(18)22-19-11-5-6-12-21(19)27-24(22)26(23)28-25(16)20;11-10-6-5-8-3-1-2-4-9(8)7-10/h1-21H;1-14,27H;1-7H. The number of para-hydroxylation sites is 2. The molecule has 77 heavy (non-hydrogen) atoms. The van der Waals surface area contributed by atoms with Crippen LogP contribution in [0.15, 0.2) is 259 Å². The third-order valence-corrected chi connectivity index (χ3v) is 18.8. The molecule has 360 valence electrons. The zero-order chi connectivity index (χ0) is 50.7. The summed E-state index contributed by atoms with van der Waals surface area (Å²) in [5.74, 6) is 0. The number of thiophene rings is 2. The molecule has 0 saturated carbocycles. The maximum Gasteiger partial charge on any atom is 0.0726 e. The fourth-order valence-electron chi connectivity index (χ4n) is 12.4. The minimum Gasteiger partial charge on any atom is -0.353 e. The van der Waals surface area contributed by atoms with Crippen molar-refractivity contribution in [2.45, 2.75) is 0 Å². The van der Waals surface area contributed by atoms with Crippen molar-refractivity contribution in [3.63, 3.8) is 0 Å². The van der Waals surface area contributed by atoms with Crippen LogP contribution < -0.4 is 0 Å². The van der Waals surface area contributed by atoms with Gasteiger partial charge in [-0.3, -0.25) is 0 Å². The van der Waals surface area contributed by atoms with E-state index in [1.165, 1.54) is 154 Å². The Balaban J connectivity index is 0.000000111. The Bertz CT molecular complexity index is 5440. The number of fused-ring (bicyclic) bond motifs is 26. The number of halogens is 1. The number of hydrogen-bond acceptors (Lipinski definition) is 2. The molecule has 0 amide bonds. The van der Waals surface area contributed by atoms with Gasteiger partial charge in [0, 0.05) is 68.2 Å². The smallest absolute Gasteiger partial charge is 0.0726 e. The second-order valence-electron chi connectivity index (χ2n) is 20.0. The Kier molecular flexibility index (Phi) is 10.2. The van der Waals surface area contributed by atoms with Crippen molar-refractivity contribution < 1.29 is 0 Å². The molecule has 0 unspecified atom stereocenters. The number of aromatic amines is 1. The molecule has 5 heteroatoms. The molecule has 4 aromatic heterocycles. The SMILES string of the molecule is Brc1ccc2ccccc2c1.c1ccc2c(c1)ccc1c2sc2c3[nH]c4ccccc4c3c3ccccc3c12.c1ccc2cc(-n3c4ccccc4c4c5ccccc5c5c6ccc7ccccc7c6sc5c43)ccc2c1. The van der Waals surface area contributed by atoms with Gasteiger partial charge in [-0.15, -0.1) is 22.7 Å². The molecule has 0 aliphatic carbocycles. The summed E-state index contributed by atoms with van der Waals surface area (Å²) in [5, 5.41) is 26.4. The van der Waals surface area contributed by atoms with E-state index in [1.807, 2.05) is 22.7 Å². The number of rotatable bonds is 1. The number of aromatic nitrogens is 2. The van der Waals surface area contributed by atoms with Crippen molar-refractivity contribution in [1.29, 1.82) is 0 Å². The molecule has 1 N–H and O–H groups in total. The Morgan fingerprint density at radius 2 is 0.740 bits per heavy atom. The van der Waals surface area contributed by atoms with Gasteiger partial charge in [-0.1, -0.05) is 234 Å². The topological polar surface area (TPSA) is 20.7 Å². The third kappa shape index (κ3) is 6.91. The van der Waals surface area contributed by atoms with Gasteiger partial charge in [0.25, 0.3) is 0 Å². The summed E-state index contributed by atoms with van der Waals surface area (Å²) >= 11 is 7.29. The van der Waals surface area contributed by atoms with E-state index in [-0.39, 0.29) is 0 Å². The first-order valence-corrected chi connectivity index (χ1v) is 28.5. The van der Waals surface area contributed by atoms with Crippen molar-refractivity contribution in [3.05, 3.63) is 259 Å². The fourth-order valence-corrected chi connectivity index (χ4v) is 15.6. The average molecular weight is 1080 g/mol. The molecule has 0 atom stereocenters. The first-order chi connectivity index (χ1) is 38.1. The van der Waals surface area contributed by atoms with Gasteiger partial charge in [0.15, 0.2) is 0 Å². The van der Waals surface area contributed by atoms with Crippen molar-refractivity contribution in [2.75, 3.05) is 0 Å². The van der Waals surface area contributed by atoms with E-state index in [0.29, 0.717) is 0 Å². The zero-order valence-electron chi connectivity index (χ0n) is 41.4. The second-order valence-corrected chi connectivity index (χ2v) is 23.0. The summed E-state index contributed by atoms with van der Waals surface area (Å²) in [7, 11) is 0. The minimum atomic E-state index is 1.14. The number of nitrogens with one attached hydrogen (secondary N) is 1. The van der Waals surface area contributed by atoms with Crippen LogP contribution >= 0.6 is 38.6 Å². The van der Waals surface area contributed by atoms with Gasteiger partial charge in [0.2, 0.25) is 0 Å². The van der Waals surface area contributed by atoms with Gasteiger partial charge in [-0.2, -0.15) is 0 Å². The number of hydrogen-bond donors (Lipinski definition) is 1. The zero-order valence-corrected chi connectivity index (χ0v) is 44.6. The normalized spacial score (nSPS) is 12.0. The first-order valence-electron chi connectivity index (χ1n) is 26.1. The summed E-state index contributed by atoms with van der Waals surface area (Å²) in [6.45, 7) is 0. The molecule has 0 aliphatic rings. The summed E-state index contributed by atoms with van der Waals surface area (Å²) in [6.07, 6.45) is 0. The van der Waals surface area contributed by atoms with E-state index in [2.05, 4.69) is 280 Å². The van der Waals surface area contributed by atoms with Crippen LogP contribution in [-0.4, -0.2) is 9.55 Å². The van der Waals surface area contributed by atoms with Crippen LogP contribution in [0.1, 0.15) is 0 Å². The quantitative estimate of drug-likeness (QED) is 0.169. The molecule has 0 saturated heterocycles. The van der Waals surface area contributed by atoms with Gasteiger partial charge in [0.1, 0.15) is 0 Å². The van der Waals surface area contributed by atoms with Crippen LogP contribution in [0.4, 0.5) is 0 Å². The van der Waals surface area contributed by atoms with E-state index in [0.717, 1.165) is 4.47 Å². The summed E-state index contributed by atoms with van der Waals surface area (Å²) in [4.78, 5) is 3.73. The number of nitrogens with zero attached hydrogens (tertiary/aromatic N) is 1. The third-order valence-electron chi connectivity index (χ3n) is 15.8. The van der Waals surface area contributed by atoms with Crippen LogP contribution in [0.5, 0.6) is 0 Å². The van der Waals surface area contributed by atoms with Crippen LogP contribution in [0.3, 0.4) is 0 Å². The van der Waals surface area contributed by atoms with Crippen LogP contribution in [0.2, 0.25) is 0 Å². The second kappa shape index (κ2) is 17.6. The average Bonchev–Trinajstić information content (AvgIpc) is 4.41. The van der Waals surface area contributed by atoms with Crippen LogP contribution in [0.25, 0.3) is 154 Å². The summed E-state index contributed by atoms with van der Waals surface area (Å²) in [6, 6.07) is 92.2. The van der Waals surface area contributed by atoms with Gasteiger partial charge in [0.05, 0.1) is 25.9 Å². The molecular formula is C72H43BrN2S2. The lowest BCUT2D eigenvalue weighted by atomic mass is 9.98. The van der Waals surface area contributed by atoms with Crippen molar-refractivity contribution in [1.82, 2.24) is 9.55 Å². The van der Waals surface area contributed by atoms with Gasteiger partial charge < -0.3 is 9.55 Å². The summed E-state index contributed by atoms with van der Waals surface area (Å²) < 4.78 is 9.10. The molecule has 18 aromatic rings. The van der Waals surface area contributed by atoms with E-state index < -0.39 is 0 Å². The lowest BCUT2D eigenvalue weighted by molar-refractivity contribution is 1.19. The van der Waals surface area contributed by atoms with E-state index in [1.54, 1.807) is 0 Å². The van der Waals surface area contributed by atoms with Crippen molar-refractivity contribution in [3.8, 4) is 5.69 Å². The maximum atomic E-state index is 3.73. The van der Waals surface area contributed by atoms with Crippen LogP contribution in [0, 0.1) is 0 Å². The largest absolute Gasteiger partial charge is 0.353 e. The monoisotopic (exact) mass is 1080 g/mol. The highest BCUT2D eigenvalue weighted by Crippen LogP contribution is 2.50. The fraction of sp³-hybridized carbons (Fsp3) is 0. The van der Waals surface area contributed by atoms with Gasteiger partial charge in [-0.05, 0) is 101 Å². The molecule has 0 aliphatic heterocycles. The highest BCUT2D eigenvalue weighted by molar-refractivity contribution is 9.10. The minimum absolute atomic E-state index is 1.14. The predicted molar refractivity (Wildman–Crippen MR) is 342 cm³/mol. The Morgan fingerprint density at radius 3 is 1.38 bits per heavy atom. The van der Waals surface area contributed by atoms with E-state index in [9.17, 15) is 0 Å². The van der Waals surface area contributed by atoms with Crippen LogP contribution in [-0.2, 0) is 0 Å². The van der Waals surface area contributed by atoms with Crippen molar-refractivity contribution >= 4 is 187 Å². The molecule has 2 nitrogen and oxygen atoms in total. The number of H-pyrrole nitrogens is 1. The molecule has 0 bridgehead atoms. The van der Waals surface area contributed by atoms with Crippen molar-refractivity contribution in [2.24, 2.45) is 0 Å². The van der Waals surface area contributed by atoms with E-state index in [4.69, 9.17) is 0 Å².